The molecule has 3 nitrogen and oxygen atoms in total. The molecule has 3 heteroatoms. The molecule has 1 atom stereocenters. The average Bonchev–Trinajstić information content (AvgIpc) is 2.28. The number of hydrogen-bond acceptors (Lipinski definition) is 3. The summed E-state index contributed by atoms with van der Waals surface area (Å²) in [6.07, 6.45) is 5.68. The Kier molecular flexibility index (Phi) is 11.2. The lowest BCUT2D eigenvalue weighted by molar-refractivity contribution is -0.148. The Labute approximate surface area is 112 Å². The molecule has 18 heavy (non-hydrogen) atoms. The van der Waals surface area contributed by atoms with Gasteiger partial charge in [0.1, 0.15) is 0 Å². The maximum atomic E-state index is 11.5. The van der Waals surface area contributed by atoms with Crippen LogP contribution >= 0.6 is 0 Å². The molecule has 0 amide bonds. The normalized spacial score (nSPS) is 12.7. The molecule has 0 spiro atoms. The van der Waals surface area contributed by atoms with Gasteiger partial charge in [-0.3, -0.25) is 4.79 Å². The topological polar surface area (TPSA) is 35.5 Å². The van der Waals surface area contributed by atoms with E-state index in [0.717, 1.165) is 44.8 Å². The molecule has 0 saturated carbocycles. The first-order valence-corrected chi connectivity index (χ1v) is 7.33. The second-order valence-electron chi connectivity index (χ2n) is 5.28. The summed E-state index contributed by atoms with van der Waals surface area (Å²) in [7, 11) is 0. The van der Waals surface area contributed by atoms with Gasteiger partial charge in [-0.15, -0.1) is 0 Å². The van der Waals surface area contributed by atoms with E-state index in [1.807, 2.05) is 13.8 Å². The molecule has 0 bridgehead atoms. The van der Waals surface area contributed by atoms with Gasteiger partial charge in [0.2, 0.25) is 0 Å². The van der Waals surface area contributed by atoms with Crippen molar-refractivity contribution in [2.45, 2.75) is 72.3 Å². The second-order valence-corrected chi connectivity index (χ2v) is 5.28. The zero-order chi connectivity index (χ0) is 13.8. The Morgan fingerprint density at radius 3 is 2.39 bits per heavy atom. The van der Waals surface area contributed by atoms with Crippen LogP contribution in [0.5, 0.6) is 0 Å². The Hall–Kier alpha value is -0.570. The van der Waals surface area contributed by atoms with E-state index in [1.165, 1.54) is 6.42 Å². The molecule has 0 rings (SSSR count). The molecule has 0 aliphatic rings. The third-order valence-electron chi connectivity index (χ3n) is 2.85. The van der Waals surface area contributed by atoms with Crippen LogP contribution in [-0.2, 0) is 14.3 Å². The quantitative estimate of drug-likeness (QED) is 0.416. The summed E-state index contributed by atoms with van der Waals surface area (Å²) >= 11 is 0. The molecule has 0 N–H and O–H groups in total. The van der Waals surface area contributed by atoms with Gasteiger partial charge < -0.3 is 9.47 Å². The minimum atomic E-state index is -0.0662. The van der Waals surface area contributed by atoms with Crippen LogP contribution in [0.15, 0.2) is 0 Å². The fourth-order valence-corrected chi connectivity index (χ4v) is 1.77. The molecule has 0 aliphatic heterocycles. The number of carbonyl (C=O) groups excluding carboxylic acids is 1. The fourth-order valence-electron chi connectivity index (χ4n) is 1.77. The Bertz CT molecular complexity index is 202. The van der Waals surface area contributed by atoms with Gasteiger partial charge in [0.25, 0.3) is 0 Å². The van der Waals surface area contributed by atoms with Crippen molar-refractivity contribution >= 4 is 5.97 Å². The largest absolute Gasteiger partial charge is 0.463 e. The number of esters is 1. The number of unbranched alkanes of at least 4 members (excludes halogenated alkanes) is 1. The van der Waals surface area contributed by atoms with E-state index in [9.17, 15) is 4.79 Å². The predicted molar refractivity (Wildman–Crippen MR) is 74.6 cm³/mol. The van der Waals surface area contributed by atoms with Gasteiger partial charge in [0.15, 0.2) is 0 Å². The highest BCUT2D eigenvalue weighted by Gasteiger charge is 2.09. The summed E-state index contributed by atoms with van der Waals surface area (Å²) in [5.74, 6) is 0.662. The molecule has 0 aliphatic carbocycles. The van der Waals surface area contributed by atoms with Crippen molar-refractivity contribution in [3.63, 3.8) is 0 Å². The van der Waals surface area contributed by atoms with Crippen LogP contribution in [0.2, 0.25) is 0 Å². The highest BCUT2D eigenvalue weighted by Crippen LogP contribution is 2.11. The number of carbonyl (C=O) groups is 1. The van der Waals surface area contributed by atoms with E-state index in [4.69, 9.17) is 9.47 Å². The molecule has 1 unspecified atom stereocenters. The van der Waals surface area contributed by atoms with Crippen LogP contribution in [0.3, 0.4) is 0 Å². The lowest BCUT2D eigenvalue weighted by Crippen LogP contribution is -2.15. The molecule has 0 fully saturated rings. The summed E-state index contributed by atoms with van der Waals surface area (Å²) in [6, 6.07) is 0. The first kappa shape index (κ1) is 17.4. The lowest BCUT2D eigenvalue weighted by atomic mass is 10.0. The van der Waals surface area contributed by atoms with Crippen LogP contribution in [-0.4, -0.2) is 25.3 Å². The third-order valence-corrected chi connectivity index (χ3v) is 2.85. The molecule has 0 aromatic carbocycles. The first-order valence-electron chi connectivity index (χ1n) is 7.33. The van der Waals surface area contributed by atoms with Crippen LogP contribution in [0.1, 0.15) is 66.2 Å². The third kappa shape index (κ3) is 11.9. The zero-order valence-electron chi connectivity index (χ0n) is 12.5. The van der Waals surface area contributed by atoms with Crippen LogP contribution in [0.25, 0.3) is 0 Å². The van der Waals surface area contributed by atoms with E-state index >= 15 is 0 Å². The van der Waals surface area contributed by atoms with Crippen LogP contribution in [0, 0.1) is 5.92 Å². The van der Waals surface area contributed by atoms with Crippen molar-refractivity contribution in [3.05, 3.63) is 0 Å². The summed E-state index contributed by atoms with van der Waals surface area (Å²) in [5.41, 5.74) is 0. The highest BCUT2D eigenvalue weighted by atomic mass is 16.5. The minimum absolute atomic E-state index is 0.0585. The molecular weight excluding hydrogens is 228 g/mol. The van der Waals surface area contributed by atoms with Crippen LogP contribution in [0.4, 0.5) is 0 Å². The second kappa shape index (κ2) is 11.5. The molecule has 0 radical (unpaired) electrons. The minimum Gasteiger partial charge on any atom is -0.463 e. The molecule has 108 valence electrons. The van der Waals surface area contributed by atoms with Gasteiger partial charge >= 0.3 is 5.97 Å². The van der Waals surface area contributed by atoms with Gasteiger partial charge in [-0.2, -0.15) is 0 Å². The summed E-state index contributed by atoms with van der Waals surface area (Å²) in [5, 5.41) is 0. The van der Waals surface area contributed by atoms with Gasteiger partial charge in [-0.05, 0) is 45.4 Å². The van der Waals surface area contributed by atoms with Crippen molar-refractivity contribution in [2.75, 3.05) is 13.2 Å². The van der Waals surface area contributed by atoms with Crippen molar-refractivity contribution in [2.24, 2.45) is 5.92 Å². The van der Waals surface area contributed by atoms with Gasteiger partial charge in [-0.1, -0.05) is 20.3 Å². The lowest BCUT2D eigenvalue weighted by Gasteiger charge is -2.13. The predicted octanol–water partition coefficient (Wildman–Crippen LogP) is 3.95. The van der Waals surface area contributed by atoms with Gasteiger partial charge in [0.05, 0.1) is 6.10 Å². The monoisotopic (exact) mass is 258 g/mol. The molecule has 0 saturated heterocycles. The van der Waals surface area contributed by atoms with Gasteiger partial charge in [0, 0.05) is 19.6 Å². The standard InChI is InChI=1S/C15H30O3/c1-5-17-12-7-6-11-15(16)18-14(4)10-8-9-13(2)3/h13-14H,5-12H2,1-4H3. The number of ether oxygens (including phenoxy) is 2. The van der Waals surface area contributed by atoms with E-state index < -0.39 is 0 Å². The number of rotatable bonds is 11. The molecule has 0 heterocycles. The molecule has 0 aromatic heterocycles. The Morgan fingerprint density at radius 1 is 1.06 bits per heavy atom. The summed E-state index contributed by atoms with van der Waals surface area (Å²) < 4.78 is 10.6. The summed E-state index contributed by atoms with van der Waals surface area (Å²) in [6.45, 7) is 9.89. The molecular formula is C15H30O3. The maximum absolute atomic E-state index is 11.5. The van der Waals surface area contributed by atoms with E-state index in [2.05, 4.69) is 13.8 Å². The SMILES string of the molecule is CCOCCCCC(=O)OC(C)CCCC(C)C. The maximum Gasteiger partial charge on any atom is 0.306 e. The fraction of sp³-hybridized carbons (Fsp3) is 0.933. The zero-order valence-corrected chi connectivity index (χ0v) is 12.5. The Morgan fingerprint density at radius 2 is 1.78 bits per heavy atom. The molecule has 0 aromatic rings. The van der Waals surface area contributed by atoms with E-state index in [0.29, 0.717) is 6.42 Å². The van der Waals surface area contributed by atoms with E-state index in [-0.39, 0.29) is 12.1 Å². The van der Waals surface area contributed by atoms with E-state index in [1.54, 1.807) is 0 Å². The average molecular weight is 258 g/mol. The van der Waals surface area contributed by atoms with Crippen molar-refractivity contribution in [1.29, 1.82) is 0 Å². The van der Waals surface area contributed by atoms with Crippen molar-refractivity contribution in [1.82, 2.24) is 0 Å². The van der Waals surface area contributed by atoms with Gasteiger partial charge in [-0.25, -0.2) is 0 Å². The smallest absolute Gasteiger partial charge is 0.306 e. The van der Waals surface area contributed by atoms with Crippen molar-refractivity contribution < 1.29 is 14.3 Å². The summed E-state index contributed by atoms with van der Waals surface area (Å²) in [4.78, 5) is 11.5. The van der Waals surface area contributed by atoms with Crippen LogP contribution < -0.4 is 0 Å². The first-order chi connectivity index (χ1) is 8.56. The Balaban J connectivity index is 3.43. The van der Waals surface area contributed by atoms with Crippen molar-refractivity contribution in [3.8, 4) is 0 Å². The highest BCUT2D eigenvalue weighted by molar-refractivity contribution is 5.69. The number of hydrogen-bond donors (Lipinski definition) is 0.